The molecule has 3 rings (SSSR count). The van der Waals surface area contributed by atoms with Crippen molar-refractivity contribution in [3.8, 4) is 0 Å². The third-order valence-electron chi connectivity index (χ3n) is 4.33. The van der Waals surface area contributed by atoms with E-state index in [-0.39, 0.29) is 11.8 Å². The Labute approximate surface area is 142 Å². The van der Waals surface area contributed by atoms with E-state index in [0.29, 0.717) is 30.6 Å². The van der Waals surface area contributed by atoms with Crippen LogP contribution in [-0.2, 0) is 6.42 Å². The fraction of sp³-hybridized carbons (Fsp3) is 0.500. The summed E-state index contributed by atoms with van der Waals surface area (Å²) < 4.78 is 5.20. The average molecular weight is 328 g/mol. The van der Waals surface area contributed by atoms with Crippen LogP contribution in [0.15, 0.2) is 28.8 Å². The lowest BCUT2D eigenvalue weighted by Gasteiger charge is -2.14. The number of aromatic nitrogens is 2. The van der Waals surface area contributed by atoms with Crippen molar-refractivity contribution in [2.75, 3.05) is 19.6 Å². The Hall–Kier alpha value is -2.21. The van der Waals surface area contributed by atoms with Crippen molar-refractivity contribution in [1.29, 1.82) is 0 Å². The maximum atomic E-state index is 12.5. The summed E-state index contributed by atoms with van der Waals surface area (Å²) in [7, 11) is 0. The predicted molar refractivity (Wildman–Crippen MR) is 91.1 cm³/mol. The lowest BCUT2D eigenvalue weighted by Crippen LogP contribution is -2.27. The fourth-order valence-corrected chi connectivity index (χ4v) is 2.96. The number of carbonyl (C=O) groups is 1. The topological polar surface area (TPSA) is 80.0 Å². The fourth-order valence-electron chi connectivity index (χ4n) is 2.96. The second-order valence-corrected chi connectivity index (χ2v) is 6.48. The first-order chi connectivity index (χ1) is 11.6. The molecule has 1 saturated heterocycles. The highest BCUT2D eigenvalue weighted by Crippen LogP contribution is 2.25. The summed E-state index contributed by atoms with van der Waals surface area (Å²) in [5, 5.41) is 10.2. The largest absolute Gasteiger partial charge is 0.352 e. The summed E-state index contributed by atoms with van der Waals surface area (Å²) in [6.07, 6.45) is 1.61. The van der Waals surface area contributed by atoms with E-state index in [4.69, 9.17) is 4.52 Å². The molecule has 0 bridgehead atoms. The molecular formula is C18H24N4O2. The molecule has 2 aromatic rings. The molecule has 1 aromatic carbocycles. The molecule has 1 fully saturated rings. The highest BCUT2D eigenvalue weighted by atomic mass is 16.5. The van der Waals surface area contributed by atoms with Crippen LogP contribution in [0.25, 0.3) is 0 Å². The van der Waals surface area contributed by atoms with Gasteiger partial charge >= 0.3 is 0 Å². The van der Waals surface area contributed by atoms with Crippen LogP contribution in [0.5, 0.6) is 0 Å². The molecule has 24 heavy (non-hydrogen) atoms. The predicted octanol–water partition coefficient (Wildman–Crippen LogP) is 2.24. The monoisotopic (exact) mass is 328 g/mol. The van der Waals surface area contributed by atoms with Gasteiger partial charge in [0, 0.05) is 31.0 Å². The van der Waals surface area contributed by atoms with Crippen LogP contribution in [-0.4, -0.2) is 35.7 Å². The number of nitrogens with one attached hydrogen (secondary N) is 2. The SMILES string of the molecule is CC(C)c1noc(CCNC(=O)c2ccccc2[C@@H]2CCNC2)n1. The van der Waals surface area contributed by atoms with Crippen LogP contribution in [0.3, 0.4) is 0 Å². The Morgan fingerprint density at radius 3 is 2.96 bits per heavy atom. The zero-order chi connectivity index (χ0) is 16.9. The van der Waals surface area contributed by atoms with Crippen LogP contribution < -0.4 is 10.6 Å². The highest BCUT2D eigenvalue weighted by molar-refractivity contribution is 5.95. The van der Waals surface area contributed by atoms with Crippen molar-refractivity contribution in [1.82, 2.24) is 20.8 Å². The first-order valence-electron chi connectivity index (χ1n) is 8.55. The number of amides is 1. The summed E-state index contributed by atoms with van der Waals surface area (Å²) in [6, 6.07) is 7.86. The van der Waals surface area contributed by atoms with Crippen LogP contribution in [0.4, 0.5) is 0 Å². The van der Waals surface area contributed by atoms with E-state index in [1.165, 1.54) is 0 Å². The van der Waals surface area contributed by atoms with Crippen LogP contribution in [0.2, 0.25) is 0 Å². The molecule has 2 N–H and O–H groups in total. The zero-order valence-corrected chi connectivity index (χ0v) is 14.2. The molecule has 6 heteroatoms. The molecule has 1 aromatic heterocycles. The van der Waals surface area contributed by atoms with Crippen molar-refractivity contribution in [2.24, 2.45) is 0 Å². The molecule has 0 aliphatic carbocycles. The minimum Gasteiger partial charge on any atom is -0.352 e. The van der Waals surface area contributed by atoms with Gasteiger partial charge in [0.05, 0.1) is 0 Å². The van der Waals surface area contributed by atoms with Gasteiger partial charge in [-0.15, -0.1) is 0 Å². The van der Waals surface area contributed by atoms with Gasteiger partial charge in [0.1, 0.15) is 0 Å². The smallest absolute Gasteiger partial charge is 0.251 e. The second-order valence-electron chi connectivity index (χ2n) is 6.48. The van der Waals surface area contributed by atoms with Crippen molar-refractivity contribution in [3.63, 3.8) is 0 Å². The molecule has 0 unspecified atom stereocenters. The first kappa shape index (κ1) is 16.6. The number of carbonyl (C=O) groups excluding carboxylic acids is 1. The lowest BCUT2D eigenvalue weighted by atomic mass is 9.93. The Kier molecular flexibility index (Phi) is 5.25. The molecule has 0 radical (unpaired) electrons. The quantitative estimate of drug-likeness (QED) is 0.850. The molecular weight excluding hydrogens is 304 g/mol. The minimum absolute atomic E-state index is 0.0406. The Bertz CT molecular complexity index is 690. The van der Waals surface area contributed by atoms with Crippen molar-refractivity contribution in [3.05, 3.63) is 47.1 Å². The summed E-state index contributed by atoms with van der Waals surface area (Å²) in [5.41, 5.74) is 1.89. The van der Waals surface area contributed by atoms with Crippen LogP contribution in [0, 0.1) is 0 Å². The van der Waals surface area contributed by atoms with E-state index in [0.717, 1.165) is 30.6 Å². The molecule has 1 atom stereocenters. The Balaban J connectivity index is 1.59. The maximum absolute atomic E-state index is 12.5. The summed E-state index contributed by atoms with van der Waals surface area (Å²) in [5.74, 6) is 1.88. The van der Waals surface area contributed by atoms with Gasteiger partial charge in [-0.1, -0.05) is 37.2 Å². The second kappa shape index (κ2) is 7.57. The van der Waals surface area contributed by atoms with Gasteiger partial charge in [-0.25, -0.2) is 0 Å². The van der Waals surface area contributed by atoms with Crippen molar-refractivity contribution in [2.45, 2.75) is 38.5 Å². The molecule has 6 nitrogen and oxygen atoms in total. The maximum Gasteiger partial charge on any atom is 0.251 e. The molecule has 0 spiro atoms. The highest BCUT2D eigenvalue weighted by Gasteiger charge is 2.21. The molecule has 0 saturated carbocycles. The Morgan fingerprint density at radius 1 is 1.42 bits per heavy atom. The van der Waals surface area contributed by atoms with Crippen molar-refractivity contribution >= 4 is 5.91 Å². The van der Waals surface area contributed by atoms with Crippen molar-refractivity contribution < 1.29 is 9.32 Å². The summed E-state index contributed by atoms with van der Waals surface area (Å²) in [4.78, 5) is 16.9. The summed E-state index contributed by atoms with van der Waals surface area (Å²) in [6.45, 7) is 6.46. The van der Waals surface area contributed by atoms with Gasteiger partial charge in [0.25, 0.3) is 5.91 Å². The van der Waals surface area contributed by atoms with E-state index in [1.807, 2.05) is 32.0 Å². The van der Waals surface area contributed by atoms with Gasteiger partial charge in [-0.2, -0.15) is 4.98 Å². The van der Waals surface area contributed by atoms with E-state index >= 15 is 0 Å². The molecule has 128 valence electrons. The number of rotatable bonds is 6. The van der Waals surface area contributed by atoms with Gasteiger partial charge in [0.15, 0.2) is 5.82 Å². The number of hydrogen-bond donors (Lipinski definition) is 2. The number of benzene rings is 1. The molecule has 1 aliphatic rings. The third kappa shape index (κ3) is 3.82. The van der Waals surface area contributed by atoms with Gasteiger partial charge in [0.2, 0.25) is 5.89 Å². The van der Waals surface area contributed by atoms with Gasteiger partial charge in [-0.3, -0.25) is 4.79 Å². The van der Waals surface area contributed by atoms with Crippen LogP contribution >= 0.6 is 0 Å². The number of nitrogens with zero attached hydrogens (tertiary/aromatic N) is 2. The third-order valence-corrected chi connectivity index (χ3v) is 4.33. The summed E-state index contributed by atoms with van der Waals surface area (Å²) >= 11 is 0. The van der Waals surface area contributed by atoms with Gasteiger partial charge in [-0.05, 0) is 30.5 Å². The molecule has 1 amide bonds. The van der Waals surface area contributed by atoms with E-state index in [1.54, 1.807) is 0 Å². The average Bonchev–Trinajstić information content (AvgIpc) is 3.26. The van der Waals surface area contributed by atoms with E-state index in [9.17, 15) is 4.79 Å². The number of hydrogen-bond acceptors (Lipinski definition) is 5. The van der Waals surface area contributed by atoms with E-state index in [2.05, 4.69) is 26.8 Å². The first-order valence-corrected chi connectivity index (χ1v) is 8.55. The molecule has 2 heterocycles. The van der Waals surface area contributed by atoms with Gasteiger partial charge < -0.3 is 15.2 Å². The minimum atomic E-state index is -0.0406. The normalized spacial score (nSPS) is 17.4. The standard InChI is InChI=1S/C18H24N4O2/c1-12(2)17-21-16(24-22-17)8-10-20-18(23)15-6-4-3-5-14(15)13-7-9-19-11-13/h3-6,12-13,19H,7-11H2,1-2H3,(H,20,23)/t13-/m1/s1. The van der Waals surface area contributed by atoms with Crippen LogP contribution in [0.1, 0.15) is 59.7 Å². The van der Waals surface area contributed by atoms with E-state index < -0.39 is 0 Å². The Morgan fingerprint density at radius 2 is 2.25 bits per heavy atom. The zero-order valence-electron chi connectivity index (χ0n) is 14.2. The lowest BCUT2D eigenvalue weighted by molar-refractivity contribution is 0.0952. The molecule has 1 aliphatic heterocycles.